The van der Waals surface area contributed by atoms with E-state index in [1.165, 1.54) is 12.1 Å². The SMILES string of the molecule is Nc1ccc(Cl)nc1NCC(F)F. The molecule has 3 N–H and O–H groups in total. The van der Waals surface area contributed by atoms with Gasteiger partial charge in [-0.15, -0.1) is 0 Å². The number of nitrogens with zero attached hydrogens (tertiary/aromatic N) is 1. The molecule has 0 aliphatic carbocycles. The van der Waals surface area contributed by atoms with Gasteiger partial charge in [-0.25, -0.2) is 13.8 Å². The van der Waals surface area contributed by atoms with Crippen LogP contribution in [0.3, 0.4) is 0 Å². The molecule has 0 fully saturated rings. The Hall–Kier alpha value is -1.10. The van der Waals surface area contributed by atoms with Crippen molar-refractivity contribution in [2.45, 2.75) is 6.43 Å². The van der Waals surface area contributed by atoms with Crippen LogP contribution in [-0.2, 0) is 0 Å². The minimum atomic E-state index is -2.44. The van der Waals surface area contributed by atoms with Crippen LogP contribution < -0.4 is 11.1 Å². The molecule has 0 spiro atoms. The number of nitrogen functional groups attached to an aromatic ring is 1. The van der Waals surface area contributed by atoms with Gasteiger partial charge < -0.3 is 11.1 Å². The Kier molecular flexibility index (Phi) is 3.25. The maximum atomic E-state index is 11.8. The van der Waals surface area contributed by atoms with Crippen LogP contribution in [0.4, 0.5) is 20.3 Å². The average molecular weight is 208 g/mol. The molecule has 1 rings (SSSR count). The van der Waals surface area contributed by atoms with Gasteiger partial charge >= 0.3 is 0 Å². The third kappa shape index (κ3) is 3.02. The molecule has 0 amide bonds. The number of nitrogens with two attached hydrogens (primary N) is 1. The fraction of sp³-hybridized carbons (Fsp3) is 0.286. The Morgan fingerprint density at radius 3 is 2.85 bits per heavy atom. The molecule has 0 saturated heterocycles. The normalized spacial score (nSPS) is 10.5. The molecule has 0 aliphatic heterocycles. The number of halogens is 3. The fourth-order valence-electron chi connectivity index (χ4n) is 0.762. The molecule has 0 unspecified atom stereocenters. The molecule has 0 saturated carbocycles. The van der Waals surface area contributed by atoms with E-state index in [1.807, 2.05) is 0 Å². The molecule has 6 heteroatoms. The first-order chi connectivity index (χ1) is 6.09. The maximum Gasteiger partial charge on any atom is 0.255 e. The van der Waals surface area contributed by atoms with Crippen LogP contribution in [0.1, 0.15) is 0 Å². The molecule has 13 heavy (non-hydrogen) atoms. The van der Waals surface area contributed by atoms with E-state index in [1.54, 1.807) is 0 Å². The van der Waals surface area contributed by atoms with Gasteiger partial charge in [0.05, 0.1) is 12.2 Å². The summed E-state index contributed by atoms with van der Waals surface area (Å²) in [6, 6.07) is 2.99. The van der Waals surface area contributed by atoms with Crippen molar-refractivity contribution >= 4 is 23.1 Å². The third-order valence-electron chi connectivity index (χ3n) is 1.32. The molecular formula is C7H8ClF2N3. The molecule has 1 aromatic rings. The Labute approximate surface area is 78.9 Å². The number of hydrogen-bond acceptors (Lipinski definition) is 3. The van der Waals surface area contributed by atoms with Gasteiger partial charge in [-0.1, -0.05) is 11.6 Å². The van der Waals surface area contributed by atoms with E-state index in [2.05, 4.69) is 10.3 Å². The van der Waals surface area contributed by atoms with Crippen LogP contribution in [-0.4, -0.2) is 18.0 Å². The number of hydrogen-bond donors (Lipinski definition) is 2. The monoisotopic (exact) mass is 207 g/mol. The number of rotatable bonds is 3. The van der Waals surface area contributed by atoms with Crippen molar-refractivity contribution in [2.75, 3.05) is 17.6 Å². The summed E-state index contributed by atoms with van der Waals surface area (Å²) in [7, 11) is 0. The summed E-state index contributed by atoms with van der Waals surface area (Å²) in [5.74, 6) is 0.188. The van der Waals surface area contributed by atoms with Crippen molar-refractivity contribution in [1.82, 2.24) is 4.98 Å². The predicted octanol–water partition coefficient (Wildman–Crippen LogP) is 1.99. The minimum absolute atomic E-state index is 0.188. The Morgan fingerprint density at radius 1 is 1.54 bits per heavy atom. The number of aromatic nitrogens is 1. The van der Waals surface area contributed by atoms with Crippen LogP contribution >= 0.6 is 11.6 Å². The third-order valence-corrected chi connectivity index (χ3v) is 1.53. The lowest BCUT2D eigenvalue weighted by Crippen LogP contribution is -2.12. The molecular weight excluding hydrogens is 200 g/mol. The van der Waals surface area contributed by atoms with E-state index in [4.69, 9.17) is 17.3 Å². The topological polar surface area (TPSA) is 50.9 Å². The summed E-state index contributed by atoms with van der Waals surface area (Å²) in [5.41, 5.74) is 5.74. The molecule has 0 bridgehead atoms. The van der Waals surface area contributed by atoms with Gasteiger partial charge in [0.25, 0.3) is 6.43 Å². The van der Waals surface area contributed by atoms with E-state index in [0.717, 1.165) is 0 Å². The van der Waals surface area contributed by atoms with Crippen molar-refractivity contribution in [2.24, 2.45) is 0 Å². The van der Waals surface area contributed by atoms with E-state index in [-0.39, 0.29) is 11.0 Å². The zero-order valence-corrected chi connectivity index (χ0v) is 7.35. The summed E-state index contributed by atoms with van der Waals surface area (Å²) < 4.78 is 23.6. The first-order valence-corrected chi connectivity index (χ1v) is 3.91. The van der Waals surface area contributed by atoms with Crippen molar-refractivity contribution in [1.29, 1.82) is 0 Å². The molecule has 3 nitrogen and oxygen atoms in total. The van der Waals surface area contributed by atoms with Gasteiger partial charge in [-0.3, -0.25) is 0 Å². The highest BCUT2D eigenvalue weighted by molar-refractivity contribution is 6.29. The maximum absolute atomic E-state index is 11.8. The molecule has 0 aliphatic rings. The van der Waals surface area contributed by atoms with E-state index in [0.29, 0.717) is 5.69 Å². The Morgan fingerprint density at radius 2 is 2.23 bits per heavy atom. The largest absolute Gasteiger partial charge is 0.396 e. The average Bonchev–Trinajstić information content (AvgIpc) is 2.06. The molecule has 0 atom stereocenters. The van der Waals surface area contributed by atoms with Gasteiger partial charge in [0, 0.05) is 0 Å². The number of nitrogens with one attached hydrogen (secondary N) is 1. The number of alkyl halides is 2. The lowest BCUT2D eigenvalue weighted by atomic mass is 10.4. The smallest absolute Gasteiger partial charge is 0.255 e. The second kappa shape index (κ2) is 4.23. The molecule has 0 aromatic carbocycles. The summed E-state index contributed by atoms with van der Waals surface area (Å²) in [5, 5.41) is 2.60. The Balaban J connectivity index is 2.70. The Bertz CT molecular complexity index is 293. The molecule has 1 heterocycles. The van der Waals surface area contributed by atoms with Crippen molar-refractivity contribution in [3.8, 4) is 0 Å². The fourth-order valence-corrected chi connectivity index (χ4v) is 0.909. The highest BCUT2D eigenvalue weighted by Crippen LogP contribution is 2.18. The first kappa shape index (κ1) is 9.98. The van der Waals surface area contributed by atoms with Gasteiger partial charge in [-0.05, 0) is 12.1 Å². The zero-order chi connectivity index (χ0) is 9.84. The predicted molar refractivity (Wildman–Crippen MR) is 48.2 cm³/mol. The van der Waals surface area contributed by atoms with Crippen LogP contribution in [0.5, 0.6) is 0 Å². The van der Waals surface area contributed by atoms with E-state index in [9.17, 15) is 8.78 Å². The molecule has 72 valence electrons. The van der Waals surface area contributed by atoms with Gasteiger partial charge in [0.15, 0.2) is 5.82 Å². The van der Waals surface area contributed by atoms with Crippen LogP contribution in [0, 0.1) is 0 Å². The second-order valence-corrected chi connectivity index (χ2v) is 2.73. The van der Waals surface area contributed by atoms with Crippen molar-refractivity contribution in [3.63, 3.8) is 0 Å². The highest BCUT2D eigenvalue weighted by Gasteiger charge is 2.05. The highest BCUT2D eigenvalue weighted by atomic mass is 35.5. The summed E-state index contributed by atoms with van der Waals surface area (Å²) >= 11 is 5.54. The second-order valence-electron chi connectivity index (χ2n) is 2.34. The quantitative estimate of drug-likeness (QED) is 0.746. The first-order valence-electron chi connectivity index (χ1n) is 3.53. The zero-order valence-electron chi connectivity index (χ0n) is 6.60. The van der Waals surface area contributed by atoms with Gasteiger partial charge in [0.1, 0.15) is 5.15 Å². The van der Waals surface area contributed by atoms with Crippen molar-refractivity contribution in [3.05, 3.63) is 17.3 Å². The van der Waals surface area contributed by atoms with Crippen LogP contribution in [0.25, 0.3) is 0 Å². The summed E-state index contributed by atoms with van der Waals surface area (Å²) in [6.45, 7) is -0.489. The molecule has 0 radical (unpaired) electrons. The summed E-state index contributed by atoms with van der Waals surface area (Å²) in [6.07, 6.45) is -2.44. The van der Waals surface area contributed by atoms with Crippen LogP contribution in [0.2, 0.25) is 5.15 Å². The number of pyridine rings is 1. The standard InChI is InChI=1S/C7H8ClF2N3/c8-5-2-1-4(11)7(13-5)12-3-6(9)10/h1-2,6H,3,11H2,(H,12,13). The van der Waals surface area contributed by atoms with E-state index < -0.39 is 13.0 Å². The van der Waals surface area contributed by atoms with Crippen molar-refractivity contribution < 1.29 is 8.78 Å². The summed E-state index contributed by atoms with van der Waals surface area (Å²) in [4.78, 5) is 3.74. The minimum Gasteiger partial charge on any atom is -0.396 e. The van der Waals surface area contributed by atoms with Gasteiger partial charge in [-0.2, -0.15) is 0 Å². The number of anilines is 2. The molecule has 1 aromatic heterocycles. The van der Waals surface area contributed by atoms with Crippen LogP contribution in [0.15, 0.2) is 12.1 Å². The van der Waals surface area contributed by atoms with E-state index >= 15 is 0 Å². The lowest BCUT2D eigenvalue weighted by molar-refractivity contribution is 0.163. The van der Waals surface area contributed by atoms with Gasteiger partial charge in [0.2, 0.25) is 0 Å². The lowest BCUT2D eigenvalue weighted by Gasteiger charge is -2.07.